The Bertz CT molecular complexity index is 402. The van der Waals surface area contributed by atoms with Gasteiger partial charge >= 0.3 is 12.0 Å². The summed E-state index contributed by atoms with van der Waals surface area (Å²) in [5, 5.41) is 14.2. The van der Waals surface area contributed by atoms with Crippen molar-refractivity contribution >= 4 is 12.0 Å². The Balaban J connectivity index is 2.34. The summed E-state index contributed by atoms with van der Waals surface area (Å²) >= 11 is 0. The summed E-state index contributed by atoms with van der Waals surface area (Å²) < 4.78 is 4.86. The lowest BCUT2D eigenvalue weighted by atomic mass is 9.88. The van der Waals surface area contributed by atoms with Gasteiger partial charge in [0.2, 0.25) is 0 Å². The van der Waals surface area contributed by atoms with E-state index in [1.807, 2.05) is 0 Å². The smallest absolute Gasteiger partial charge is 0.315 e. The fraction of sp³-hybridized carbons (Fsp3) is 0.500. The number of carboxylic acids is 1. The molecule has 1 atom stereocenters. The lowest BCUT2D eigenvalue weighted by molar-refractivity contribution is -0.147. The lowest BCUT2D eigenvalue weighted by Crippen LogP contribution is -2.44. The van der Waals surface area contributed by atoms with Gasteiger partial charge in [-0.1, -0.05) is 6.92 Å². The number of hydrogen-bond donors (Lipinski definition) is 3. The highest BCUT2D eigenvalue weighted by atomic mass is 16.4. The van der Waals surface area contributed by atoms with Gasteiger partial charge in [-0.15, -0.1) is 0 Å². The summed E-state index contributed by atoms with van der Waals surface area (Å²) in [6.45, 7) is 3.82. The molecule has 0 spiro atoms. The zero-order chi connectivity index (χ0) is 13.6. The van der Waals surface area contributed by atoms with Crippen LogP contribution in [-0.4, -0.2) is 23.7 Å². The van der Waals surface area contributed by atoms with E-state index in [4.69, 9.17) is 9.52 Å². The van der Waals surface area contributed by atoms with Crippen LogP contribution < -0.4 is 10.6 Å². The van der Waals surface area contributed by atoms with Crippen LogP contribution in [0.15, 0.2) is 23.0 Å². The predicted molar refractivity (Wildman–Crippen MR) is 65.0 cm³/mol. The fourth-order valence-corrected chi connectivity index (χ4v) is 1.27. The second kappa shape index (κ2) is 6.09. The number of urea groups is 1. The zero-order valence-electron chi connectivity index (χ0n) is 10.5. The van der Waals surface area contributed by atoms with Crippen LogP contribution in [0.4, 0.5) is 4.79 Å². The van der Waals surface area contributed by atoms with Crippen molar-refractivity contribution in [3.63, 3.8) is 0 Å². The van der Waals surface area contributed by atoms with Crippen molar-refractivity contribution < 1.29 is 19.1 Å². The number of amides is 2. The molecule has 6 nitrogen and oxygen atoms in total. The molecule has 2 amide bonds. The second-order valence-electron chi connectivity index (χ2n) is 4.39. The maximum Gasteiger partial charge on any atom is 0.315 e. The minimum Gasteiger partial charge on any atom is -0.481 e. The summed E-state index contributed by atoms with van der Waals surface area (Å²) in [6, 6.07) is 1.35. The number of carbonyl (C=O) groups is 2. The van der Waals surface area contributed by atoms with Crippen molar-refractivity contribution in [3.05, 3.63) is 24.2 Å². The Labute approximate surface area is 105 Å². The molecular weight excluding hydrogens is 236 g/mol. The quantitative estimate of drug-likeness (QED) is 0.718. The highest BCUT2D eigenvalue weighted by molar-refractivity contribution is 5.77. The average molecular weight is 254 g/mol. The molecule has 6 heteroatoms. The second-order valence-corrected chi connectivity index (χ2v) is 4.39. The Morgan fingerprint density at radius 3 is 2.67 bits per heavy atom. The van der Waals surface area contributed by atoms with Crippen molar-refractivity contribution in [1.29, 1.82) is 0 Å². The minimum absolute atomic E-state index is 0.0933. The maximum atomic E-state index is 11.5. The largest absolute Gasteiger partial charge is 0.481 e. The highest BCUT2D eigenvalue weighted by Crippen LogP contribution is 2.19. The summed E-state index contributed by atoms with van der Waals surface area (Å²) in [5.41, 5.74) is -0.0888. The number of furan rings is 1. The standard InChI is InChI=1S/C12H18N2O4/c1-3-12(2,10(15)16)8-14-11(17)13-6-9-4-5-18-7-9/h4-5,7H,3,6,8H2,1-2H3,(H,15,16)(H2,13,14,17). The van der Waals surface area contributed by atoms with Crippen LogP contribution in [0, 0.1) is 5.41 Å². The van der Waals surface area contributed by atoms with Crippen molar-refractivity contribution in [2.45, 2.75) is 26.8 Å². The molecule has 0 aliphatic carbocycles. The van der Waals surface area contributed by atoms with E-state index in [2.05, 4.69) is 10.6 Å². The fourth-order valence-electron chi connectivity index (χ4n) is 1.27. The summed E-state index contributed by atoms with van der Waals surface area (Å²) in [4.78, 5) is 22.5. The van der Waals surface area contributed by atoms with E-state index in [1.165, 1.54) is 12.5 Å². The molecule has 18 heavy (non-hydrogen) atoms. The van der Waals surface area contributed by atoms with E-state index in [0.717, 1.165) is 5.56 Å². The first-order chi connectivity index (χ1) is 8.48. The zero-order valence-corrected chi connectivity index (χ0v) is 10.5. The third kappa shape index (κ3) is 3.80. The van der Waals surface area contributed by atoms with Gasteiger partial charge in [-0.05, 0) is 19.4 Å². The van der Waals surface area contributed by atoms with Crippen LogP contribution in [0.2, 0.25) is 0 Å². The monoisotopic (exact) mass is 254 g/mol. The number of aliphatic carboxylic acids is 1. The van der Waals surface area contributed by atoms with E-state index in [9.17, 15) is 9.59 Å². The molecule has 1 aromatic rings. The molecule has 0 aliphatic rings. The Morgan fingerprint density at radius 1 is 1.44 bits per heavy atom. The van der Waals surface area contributed by atoms with E-state index in [1.54, 1.807) is 19.9 Å². The number of carboxylic acid groups (broad SMARTS) is 1. The lowest BCUT2D eigenvalue weighted by Gasteiger charge is -2.23. The molecule has 100 valence electrons. The van der Waals surface area contributed by atoms with E-state index in [0.29, 0.717) is 13.0 Å². The molecule has 0 bridgehead atoms. The number of carbonyl (C=O) groups excluding carboxylic acids is 1. The van der Waals surface area contributed by atoms with Crippen LogP contribution in [0.25, 0.3) is 0 Å². The molecular formula is C12H18N2O4. The summed E-state index contributed by atoms with van der Waals surface area (Å²) in [5.74, 6) is -0.917. The molecule has 0 aliphatic heterocycles. The van der Waals surface area contributed by atoms with Crippen molar-refractivity contribution in [2.24, 2.45) is 5.41 Å². The molecule has 1 rings (SSSR count). The van der Waals surface area contributed by atoms with Crippen LogP contribution in [-0.2, 0) is 11.3 Å². The molecule has 1 heterocycles. The SMILES string of the molecule is CCC(C)(CNC(=O)NCc1ccoc1)C(=O)O. The normalized spacial score (nSPS) is 13.7. The van der Waals surface area contributed by atoms with Gasteiger partial charge in [0.15, 0.2) is 0 Å². The average Bonchev–Trinajstić information content (AvgIpc) is 2.86. The molecule has 1 aromatic heterocycles. The van der Waals surface area contributed by atoms with E-state index in [-0.39, 0.29) is 6.54 Å². The van der Waals surface area contributed by atoms with Gasteiger partial charge in [0, 0.05) is 18.7 Å². The van der Waals surface area contributed by atoms with Crippen molar-refractivity contribution in [1.82, 2.24) is 10.6 Å². The minimum atomic E-state index is -0.938. The van der Waals surface area contributed by atoms with Gasteiger partial charge < -0.3 is 20.2 Å². The molecule has 3 N–H and O–H groups in total. The summed E-state index contributed by atoms with van der Waals surface area (Å²) in [6.07, 6.45) is 3.51. The number of hydrogen-bond acceptors (Lipinski definition) is 3. The first kappa shape index (κ1) is 14.1. The van der Waals surface area contributed by atoms with Gasteiger partial charge in [0.1, 0.15) is 0 Å². The van der Waals surface area contributed by atoms with Gasteiger partial charge in [-0.2, -0.15) is 0 Å². The Morgan fingerprint density at radius 2 is 2.17 bits per heavy atom. The number of rotatable bonds is 6. The molecule has 0 aromatic carbocycles. The third-order valence-electron chi connectivity index (χ3n) is 2.97. The van der Waals surface area contributed by atoms with Crippen molar-refractivity contribution in [2.75, 3.05) is 6.54 Å². The van der Waals surface area contributed by atoms with Gasteiger partial charge in [0.25, 0.3) is 0 Å². The maximum absolute atomic E-state index is 11.5. The van der Waals surface area contributed by atoms with Crippen molar-refractivity contribution in [3.8, 4) is 0 Å². The Kier molecular flexibility index (Phi) is 4.76. The molecule has 0 saturated carbocycles. The van der Waals surface area contributed by atoms with E-state index >= 15 is 0 Å². The highest BCUT2D eigenvalue weighted by Gasteiger charge is 2.31. The number of nitrogens with one attached hydrogen (secondary N) is 2. The third-order valence-corrected chi connectivity index (χ3v) is 2.97. The van der Waals surface area contributed by atoms with Crippen LogP contribution in [0.5, 0.6) is 0 Å². The molecule has 1 unspecified atom stereocenters. The topological polar surface area (TPSA) is 91.6 Å². The first-order valence-electron chi connectivity index (χ1n) is 5.74. The molecule has 0 fully saturated rings. The first-order valence-corrected chi connectivity index (χ1v) is 5.74. The molecule has 0 saturated heterocycles. The Hall–Kier alpha value is -1.98. The van der Waals surface area contributed by atoms with Gasteiger partial charge in [-0.25, -0.2) is 4.79 Å². The predicted octanol–water partition coefficient (Wildman–Crippen LogP) is 1.58. The molecule has 0 radical (unpaired) electrons. The van der Waals surface area contributed by atoms with Crippen LogP contribution in [0.3, 0.4) is 0 Å². The van der Waals surface area contributed by atoms with Gasteiger partial charge in [0.05, 0.1) is 17.9 Å². The van der Waals surface area contributed by atoms with Crippen LogP contribution in [0.1, 0.15) is 25.8 Å². The van der Waals surface area contributed by atoms with Crippen LogP contribution >= 0.6 is 0 Å². The van der Waals surface area contributed by atoms with Gasteiger partial charge in [-0.3, -0.25) is 4.79 Å². The summed E-state index contributed by atoms with van der Waals surface area (Å²) in [7, 11) is 0. The van der Waals surface area contributed by atoms with E-state index < -0.39 is 17.4 Å².